The molecule has 7 heteroatoms. The third kappa shape index (κ3) is 3.62. The van der Waals surface area contributed by atoms with E-state index in [-0.39, 0.29) is 12.4 Å². The average Bonchev–Trinajstić information content (AvgIpc) is 3.07. The minimum absolute atomic E-state index is 0.230. The number of benzene rings is 2. The van der Waals surface area contributed by atoms with Crippen LogP contribution in [0.2, 0.25) is 0 Å². The fourth-order valence-corrected chi connectivity index (χ4v) is 3.32. The number of rotatable bonds is 2. The number of hydrogen-bond acceptors (Lipinski definition) is 5. The third-order valence-electron chi connectivity index (χ3n) is 4.77. The van der Waals surface area contributed by atoms with Crippen LogP contribution in [0.4, 0.5) is 11.4 Å². The van der Waals surface area contributed by atoms with Crippen LogP contribution in [0.3, 0.4) is 0 Å². The first-order valence-corrected chi connectivity index (χ1v) is 8.84. The molecule has 0 unspecified atom stereocenters. The number of ether oxygens (including phenoxy) is 1. The molecular weight excluding hydrogens is 346 g/mol. The smallest absolute Gasteiger partial charge is 0.315 e. The van der Waals surface area contributed by atoms with Crippen LogP contribution in [-0.2, 0) is 20.8 Å². The molecule has 27 heavy (non-hydrogen) atoms. The Hall–Kier alpha value is -3.35. The largest absolute Gasteiger partial charge is 0.426 e. The van der Waals surface area contributed by atoms with Gasteiger partial charge in [-0.1, -0.05) is 24.3 Å². The summed E-state index contributed by atoms with van der Waals surface area (Å²) in [7, 11) is 0. The van der Waals surface area contributed by atoms with E-state index in [1.54, 1.807) is 23.1 Å². The van der Waals surface area contributed by atoms with Crippen molar-refractivity contribution >= 4 is 29.2 Å². The van der Waals surface area contributed by atoms with Gasteiger partial charge in [0, 0.05) is 49.2 Å². The summed E-state index contributed by atoms with van der Waals surface area (Å²) in [5.74, 6) is -1.13. The van der Waals surface area contributed by atoms with E-state index in [1.807, 2.05) is 30.3 Å². The number of carbonyl (C=O) groups excluding carboxylic acids is 3. The lowest BCUT2D eigenvalue weighted by molar-refractivity contribution is -0.143. The molecule has 0 radical (unpaired) electrons. The highest BCUT2D eigenvalue weighted by Crippen LogP contribution is 2.29. The molecule has 138 valence electrons. The van der Waals surface area contributed by atoms with Crippen LogP contribution in [0.15, 0.2) is 48.5 Å². The molecule has 1 saturated heterocycles. The van der Waals surface area contributed by atoms with Crippen molar-refractivity contribution < 1.29 is 19.1 Å². The summed E-state index contributed by atoms with van der Waals surface area (Å²) < 4.78 is 5.07. The second-order valence-corrected chi connectivity index (χ2v) is 6.54. The standard InChI is InChI=1S/C20H19N3O4/c24-18-12-14-6-7-15(13-17(14)27-18)21-19(25)20(26)23-10-8-22(9-11-23)16-4-2-1-3-5-16/h1-7,13H,8-12H2,(H,21,25). The lowest BCUT2D eigenvalue weighted by atomic mass is 10.1. The Morgan fingerprint density at radius 3 is 2.44 bits per heavy atom. The number of amides is 2. The molecule has 0 saturated carbocycles. The summed E-state index contributed by atoms with van der Waals surface area (Å²) in [5.41, 5.74) is 2.33. The van der Waals surface area contributed by atoms with Gasteiger partial charge in [-0.25, -0.2) is 0 Å². The zero-order valence-corrected chi connectivity index (χ0v) is 14.7. The van der Waals surface area contributed by atoms with Crippen molar-refractivity contribution in [3.63, 3.8) is 0 Å². The van der Waals surface area contributed by atoms with Gasteiger partial charge in [-0.3, -0.25) is 14.4 Å². The summed E-state index contributed by atoms with van der Waals surface area (Å²) >= 11 is 0. The molecule has 0 spiro atoms. The van der Waals surface area contributed by atoms with Crippen molar-refractivity contribution in [2.45, 2.75) is 6.42 Å². The van der Waals surface area contributed by atoms with Crippen molar-refractivity contribution in [3.8, 4) is 5.75 Å². The van der Waals surface area contributed by atoms with Gasteiger partial charge in [0.1, 0.15) is 5.75 Å². The zero-order valence-electron chi connectivity index (χ0n) is 14.7. The molecule has 2 heterocycles. The molecule has 2 aromatic rings. The van der Waals surface area contributed by atoms with E-state index >= 15 is 0 Å². The Morgan fingerprint density at radius 1 is 0.963 bits per heavy atom. The molecular formula is C20H19N3O4. The molecule has 0 bridgehead atoms. The molecule has 0 aromatic heterocycles. The number of para-hydroxylation sites is 1. The minimum Gasteiger partial charge on any atom is -0.426 e. The van der Waals surface area contributed by atoms with Crippen molar-refractivity contribution in [2.24, 2.45) is 0 Å². The minimum atomic E-state index is -0.688. The van der Waals surface area contributed by atoms with Crippen LogP contribution >= 0.6 is 0 Å². The van der Waals surface area contributed by atoms with E-state index in [2.05, 4.69) is 10.2 Å². The van der Waals surface area contributed by atoms with E-state index in [9.17, 15) is 14.4 Å². The molecule has 0 aliphatic carbocycles. The van der Waals surface area contributed by atoms with Crippen molar-refractivity contribution in [1.82, 2.24) is 4.90 Å². The van der Waals surface area contributed by atoms with E-state index in [0.29, 0.717) is 37.6 Å². The lowest BCUT2D eigenvalue weighted by Crippen LogP contribution is -2.51. The first-order chi connectivity index (χ1) is 13.1. The highest BCUT2D eigenvalue weighted by atomic mass is 16.5. The highest BCUT2D eigenvalue weighted by Gasteiger charge is 2.27. The van der Waals surface area contributed by atoms with E-state index in [0.717, 1.165) is 11.3 Å². The maximum absolute atomic E-state index is 12.4. The number of carbonyl (C=O) groups is 3. The van der Waals surface area contributed by atoms with Crippen LogP contribution in [0, 0.1) is 0 Å². The fraction of sp³-hybridized carbons (Fsp3) is 0.250. The molecule has 2 amide bonds. The number of nitrogens with zero attached hydrogens (tertiary/aromatic N) is 2. The normalized spacial score (nSPS) is 15.9. The van der Waals surface area contributed by atoms with Gasteiger partial charge < -0.3 is 19.9 Å². The monoisotopic (exact) mass is 365 g/mol. The van der Waals surface area contributed by atoms with Crippen LogP contribution in [0.1, 0.15) is 5.56 Å². The second-order valence-electron chi connectivity index (χ2n) is 6.54. The summed E-state index contributed by atoms with van der Waals surface area (Å²) in [6, 6.07) is 14.9. The number of esters is 1. The zero-order chi connectivity index (χ0) is 18.8. The van der Waals surface area contributed by atoms with Crippen LogP contribution in [0.5, 0.6) is 5.75 Å². The number of fused-ring (bicyclic) bond motifs is 1. The quantitative estimate of drug-likeness (QED) is 0.495. The van der Waals surface area contributed by atoms with Gasteiger partial charge in [-0.2, -0.15) is 0 Å². The first-order valence-electron chi connectivity index (χ1n) is 8.84. The van der Waals surface area contributed by atoms with Crippen molar-refractivity contribution in [3.05, 3.63) is 54.1 Å². The SMILES string of the molecule is O=C1Cc2ccc(NC(=O)C(=O)N3CCN(c4ccccc4)CC3)cc2O1. The molecule has 2 aromatic carbocycles. The van der Waals surface area contributed by atoms with Crippen molar-refractivity contribution in [2.75, 3.05) is 36.4 Å². The Labute approximate surface area is 156 Å². The molecule has 4 rings (SSSR count). The summed E-state index contributed by atoms with van der Waals surface area (Å²) in [6.07, 6.45) is 0.230. The van der Waals surface area contributed by atoms with Gasteiger partial charge in [0.05, 0.1) is 6.42 Å². The van der Waals surface area contributed by atoms with Crippen LogP contribution in [-0.4, -0.2) is 48.9 Å². The van der Waals surface area contributed by atoms with Crippen LogP contribution < -0.4 is 15.0 Å². The number of piperazine rings is 1. The molecule has 2 aliphatic heterocycles. The van der Waals surface area contributed by atoms with E-state index in [4.69, 9.17) is 4.74 Å². The summed E-state index contributed by atoms with van der Waals surface area (Å²) in [4.78, 5) is 39.8. The summed E-state index contributed by atoms with van der Waals surface area (Å²) in [6.45, 7) is 2.33. The number of nitrogens with one attached hydrogen (secondary N) is 1. The predicted molar refractivity (Wildman–Crippen MR) is 99.6 cm³/mol. The first kappa shape index (κ1) is 17.1. The Balaban J connectivity index is 1.34. The second kappa shape index (κ2) is 7.11. The molecule has 1 fully saturated rings. The molecule has 1 N–H and O–H groups in total. The van der Waals surface area contributed by atoms with Gasteiger partial charge >= 0.3 is 17.8 Å². The van der Waals surface area contributed by atoms with E-state index < -0.39 is 11.8 Å². The Bertz CT molecular complexity index is 889. The number of hydrogen-bond donors (Lipinski definition) is 1. The molecule has 0 atom stereocenters. The van der Waals surface area contributed by atoms with Gasteiger partial charge in [0.25, 0.3) is 0 Å². The van der Waals surface area contributed by atoms with E-state index in [1.165, 1.54) is 0 Å². The Kier molecular flexibility index (Phi) is 4.50. The maximum atomic E-state index is 12.4. The average molecular weight is 365 g/mol. The number of anilines is 2. The van der Waals surface area contributed by atoms with Gasteiger partial charge in [0.15, 0.2) is 0 Å². The highest BCUT2D eigenvalue weighted by molar-refractivity contribution is 6.39. The van der Waals surface area contributed by atoms with Crippen LogP contribution in [0.25, 0.3) is 0 Å². The third-order valence-corrected chi connectivity index (χ3v) is 4.77. The predicted octanol–water partition coefficient (Wildman–Crippen LogP) is 1.44. The van der Waals surface area contributed by atoms with Gasteiger partial charge in [-0.15, -0.1) is 0 Å². The Morgan fingerprint density at radius 2 is 1.70 bits per heavy atom. The fourth-order valence-electron chi connectivity index (χ4n) is 3.32. The van der Waals surface area contributed by atoms with Gasteiger partial charge in [0.2, 0.25) is 0 Å². The lowest BCUT2D eigenvalue weighted by Gasteiger charge is -2.35. The van der Waals surface area contributed by atoms with Gasteiger partial charge in [-0.05, 0) is 18.2 Å². The topological polar surface area (TPSA) is 79.0 Å². The molecule has 7 nitrogen and oxygen atoms in total. The molecule has 2 aliphatic rings. The van der Waals surface area contributed by atoms with Crippen molar-refractivity contribution in [1.29, 1.82) is 0 Å². The summed E-state index contributed by atoms with van der Waals surface area (Å²) in [5, 5.41) is 2.59. The maximum Gasteiger partial charge on any atom is 0.315 e.